The summed E-state index contributed by atoms with van der Waals surface area (Å²) >= 11 is 0. The minimum atomic E-state index is 0.0775. The molecule has 3 nitrogen and oxygen atoms in total. The van der Waals surface area contributed by atoms with Gasteiger partial charge in [0.1, 0.15) is 0 Å². The van der Waals surface area contributed by atoms with E-state index in [1.54, 1.807) is 0 Å². The molecule has 0 spiro atoms. The van der Waals surface area contributed by atoms with E-state index in [1.807, 2.05) is 0 Å². The van der Waals surface area contributed by atoms with Crippen LogP contribution < -0.4 is 5.32 Å². The van der Waals surface area contributed by atoms with Gasteiger partial charge in [0.2, 0.25) is 5.91 Å². The number of hydrogen-bond acceptors (Lipinski definition) is 2. The Kier molecular flexibility index (Phi) is 3.13. The van der Waals surface area contributed by atoms with Crippen molar-refractivity contribution < 1.29 is 4.79 Å². The molecule has 0 bridgehead atoms. The quantitative estimate of drug-likeness (QED) is 0.811. The Hall–Kier alpha value is -0.570. The maximum Gasteiger partial charge on any atom is 0.239 e. The Morgan fingerprint density at radius 3 is 2.61 bits per heavy atom. The van der Waals surface area contributed by atoms with Gasteiger partial charge in [0, 0.05) is 19.1 Å². The van der Waals surface area contributed by atoms with Gasteiger partial charge in [-0.05, 0) is 49.9 Å². The van der Waals surface area contributed by atoms with Crippen LogP contribution in [0.25, 0.3) is 0 Å². The fraction of sp³-hybridized carbons (Fsp3) is 0.933. The van der Waals surface area contributed by atoms with E-state index in [1.165, 1.54) is 25.7 Å². The van der Waals surface area contributed by atoms with Crippen LogP contribution in [0.1, 0.15) is 52.4 Å². The molecule has 1 unspecified atom stereocenters. The smallest absolute Gasteiger partial charge is 0.239 e. The maximum atomic E-state index is 12.5. The zero-order valence-electron chi connectivity index (χ0n) is 11.7. The summed E-state index contributed by atoms with van der Waals surface area (Å²) in [5.74, 6) is 1.31. The molecule has 3 fully saturated rings. The lowest BCUT2D eigenvalue weighted by Crippen LogP contribution is -2.53. The molecule has 3 aliphatic rings. The predicted molar refractivity (Wildman–Crippen MR) is 72.3 cm³/mol. The van der Waals surface area contributed by atoms with Gasteiger partial charge >= 0.3 is 0 Å². The van der Waals surface area contributed by atoms with Crippen molar-refractivity contribution in [1.82, 2.24) is 10.2 Å². The summed E-state index contributed by atoms with van der Waals surface area (Å²) in [7, 11) is 0. The highest BCUT2D eigenvalue weighted by Gasteiger charge is 2.55. The van der Waals surface area contributed by atoms with E-state index in [2.05, 4.69) is 24.1 Å². The zero-order chi connectivity index (χ0) is 12.8. The van der Waals surface area contributed by atoms with Gasteiger partial charge in [0.05, 0.1) is 6.04 Å². The van der Waals surface area contributed by atoms with Gasteiger partial charge in [0.15, 0.2) is 0 Å². The molecule has 3 rings (SSSR count). The second kappa shape index (κ2) is 4.52. The molecule has 18 heavy (non-hydrogen) atoms. The lowest BCUT2D eigenvalue weighted by Gasteiger charge is -2.36. The van der Waals surface area contributed by atoms with Crippen LogP contribution in [0.4, 0.5) is 0 Å². The number of nitrogens with one attached hydrogen (secondary N) is 1. The van der Waals surface area contributed by atoms with Gasteiger partial charge in [-0.25, -0.2) is 0 Å². The van der Waals surface area contributed by atoms with Gasteiger partial charge < -0.3 is 10.2 Å². The minimum absolute atomic E-state index is 0.0775. The van der Waals surface area contributed by atoms with Crippen molar-refractivity contribution in [3.05, 3.63) is 0 Å². The fourth-order valence-electron chi connectivity index (χ4n) is 3.59. The van der Waals surface area contributed by atoms with Crippen molar-refractivity contribution in [3.63, 3.8) is 0 Å². The van der Waals surface area contributed by atoms with E-state index < -0.39 is 0 Å². The maximum absolute atomic E-state index is 12.5. The Morgan fingerprint density at radius 2 is 2.06 bits per heavy atom. The summed E-state index contributed by atoms with van der Waals surface area (Å²) < 4.78 is 0. The number of amides is 1. The second-order valence-electron chi connectivity index (χ2n) is 6.91. The van der Waals surface area contributed by atoms with Crippen LogP contribution >= 0.6 is 0 Å². The molecule has 1 saturated heterocycles. The molecule has 2 saturated carbocycles. The highest BCUT2D eigenvalue weighted by atomic mass is 16.2. The van der Waals surface area contributed by atoms with Gasteiger partial charge in [0.25, 0.3) is 0 Å². The average molecular weight is 250 g/mol. The summed E-state index contributed by atoms with van der Waals surface area (Å²) in [5.41, 5.74) is 0.551. The zero-order valence-corrected chi connectivity index (χ0v) is 11.7. The van der Waals surface area contributed by atoms with Crippen LogP contribution in [0, 0.1) is 11.3 Å². The summed E-state index contributed by atoms with van der Waals surface area (Å²) in [6.07, 6.45) is 7.74. The van der Waals surface area contributed by atoms with Crippen molar-refractivity contribution in [2.24, 2.45) is 11.3 Å². The van der Waals surface area contributed by atoms with Crippen molar-refractivity contribution >= 4 is 5.91 Å². The van der Waals surface area contributed by atoms with Gasteiger partial charge in [-0.1, -0.05) is 13.8 Å². The lowest BCUT2D eigenvalue weighted by atomic mass is 9.96. The predicted octanol–water partition coefficient (Wildman–Crippen LogP) is 2.17. The van der Waals surface area contributed by atoms with Crippen LogP contribution in [0.5, 0.6) is 0 Å². The summed E-state index contributed by atoms with van der Waals surface area (Å²) in [4.78, 5) is 14.6. The van der Waals surface area contributed by atoms with Gasteiger partial charge in [-0.3, -0.25) is 4.79 Å². The van der Waals surface area contributed by atoms with E-state index in [0.717, 1.165) is 31.8 Å². The van der Waals surface area contributed by atoms with Crippen molar-refractivity contribution in [1.29, 1.82) is 0 Å². The topological polar surface area (TPSA) is 32.3 Å². The number of piperidine rings is 1. The van der Waals surface area contributed by atoms with Gasteiger partial charge in [-0.15, -0.1) is 0 Å². The Labute approximate surface area is 110 Å². The van der Waals surface area contributed by atoms with Crippen LogP contribution in [0.3, 0.4) is 0 Å². The average Bonchev–Trinajstić information content (AvgIpc) is 3.14. The third-order valence-corrected chi connectivity index (χ3v) is 4.91. The molecule has 1 N–H and O–H groups in total. The lowest BCUT2D eigenvalue weighted by molar-refractivity contribution is -0.137. The number of carbonyl (C=O) groups is 1. The Morgan fingerprint density at radius 1 is 1.33 bits per heavy atom. The van der Waals surface area contributed by atoms with Crippen molar-refractivity contribution in [2.45, 2.75) is 64.5 Å². The van der Waals surface area contributed by atoms with Crippen LogP contribution in [0.15, 0.2) is 0 Å². The van der Waals surface area contributed by atoms with Crippen LogP contribution in [0.2, 0.25) is 0 Å². The highest BCUT2D eigenvalue weighted by Crippen LogP contribution is 2.61. The fourth-order valence-corrected chi connectivity index (χ4v) is 3.59. The van der Waals surface area contributed by atoms with E-state index in [9.17, 15) is 4.79 Å². The molecule has 1 aliphatic heterocycles. The normalized spacial score (nSPS) is 30.9. The molecule has 2 aliphatic carbocycles. The van der Waals surface area contributed by atoms with Crippen LogP contribution in [-0.2, 0) is 4.79 Å². The molecule has 1 heterocycles. The van der Waals surface area contributed by atoms with Crippen molar-refractivity contribution in [2.75, 3.05) is 13.1 Å². The molecular formula is C15H26N2O. The van der Waals surface area contributed by atoms with E-state index in [-0.39, 0.29) is 6.04 Å². The number of likely N-dealkylation sites (tertiary alicyclic amines) is 1. The number of carbonyl (C=O) groups excluding carboxylic acids is 1. The first kappa shape index (κ1) is 12.5. The number of nitrogens with zero attached hydrogens (tertiary/aromatic N) is 1. The molecule has 0 aromatic rings. The molecule has 1 atom stereocenters. The minimum Gasteiger partial charge on any atom is -0.341 e. The largest absolute Gasteiger partial charge is 0.341 e. The monoisotopic (exact) mass is 250 g/mol. The third kappa shape index (κ3) is 2.42. The summed E-state index contributed by atoms with van der Waals surface area (Å²) in [6, 6.07) is 0.478. The second-order valence-corrected chi connectivity index (χ2v) is 6.91. The molecule has 3 heteroatoms. The van der Waals surface area contributed by atoms with E-state index in [0.29, 0.717) is 17.4 Å². The SMILES string of the molecule is CC(C)NC1CCCN(CC2(C3CC3)CC2)C1=O. The molecule has 0 aromatic heterocycles. The van der Waals surface area contributed by atoms with Gasteiger partial charge in [-0.2, -0.15) is 0 Å². The summed E-state index contributed by atoms with van der Waals surface area (Å²) in [6.45, 7) is 6.29. The number of hydrogen-bond donors (Lipinski definition) is 1. The van der Waals surface area contributed by atoms with Crippen molar-refractivity contribution in [3.8, 4) is 0 Å². The molecule has 0 radical (unpaired) electrons. The molecule has 0 aromatic carbocycles. The van der Waals surface area contributed by atoms with E-state index >= 15 is 0 Å². The molecule has 1 amide bonds. The molecule has 102 valence electrons. The number of rotatable bonds is 5. The summed E-state index contributed by atoms with van der Waals surface area (Å²) in [5, 5.41) is 3.42. The first-order valence-electron chi connectivity index (χ1n) is 7.65. The highest BCUT2D eigenvalue weighted by molar-refractivity contribution is 5.82. The third-order valence-electron chi connectivity index (χ3n) is 4.91. The van der Waals surface area contributed by atoms with E-state index in [4.69, 9.17) is 0 Å². The first-order chi connectivity index (χ1) is 8.61. The molecular weight excluding hydrogens is 224 g/mol. The van der Waals surface area contributed by atoms with Crippen LogP contribution in [-0.4, -0.2) is 36.0 Å². The standard InChI is InChI=1S/C15H26N2O/c1-11(2)16-13-4-3-9-17(14(13)18)10-15(7-8-15)12-5-6-12/h11-13,16H,3-10H2,1-2H3. The first-order valence-corrected chi connectivity index (χ1v) is 7.65. The Balaban J connectivity index is 1.60. The Bertz CT molecular complexity index is 331.